The fourth-order valence-corrected chi connectivity index (χ4v) is 0.548. The minimum atomic E-state index is -0.951. The van der Waals surface area contributed by atoms with Gasteiger partial charge in [-0.25, -0.2) is 4.79 Å². The van der Waals surface area contributed by atoms with E-state index in [0.29, 0.717) is 0 Å². The van der Waals surface area contributed by atoms with Crippen molar-refractivity contribution >= 4 is 17.6 Å². The highest BCUT2D eigenvalue weighted by Gasteiger charge is 2.14. The minimum absolute atomic E-state index is 0.0532. The van der Waals surface area contributed by atoms with Gasteiger partial charge in [0.2, 0.25) is 5.71 Å². The molecule has 0 heterocycles. The molecular weight excluding hydrogens is 204 g/mol. The van der Waals surface area contributed by atoms with Crippen LogP contribution in [0.25, 0.3) is 0 Å². The van der Waals surface area contributed by atoms with Crippen molar-refractivity contribution in [2.75, 3.05) is 21.0 Å². The molecule has 0 saturated carbocycles. The lowest BCUT2D eigenvalue weighted by Crippen LogP contribution is -2.43. The van der Waals surface area contributed by atoms with Crippen LogP contribution >= 0.6 is 0 Å². The summed E-state index contributed by atoms with van der Waals surface area (Å²) in [4.78, 5) is 26.2. The van der Waals surface area contributed by atoms with Crippen LogP contribution in [0.15, 0.2) is 5.16 Å². The number of hydrogen-bond acceptors (Lipinski definition) is 6. The summed E-state index contributed by atoms with van der Waals surface area (Å²) < 4.78 is 4.53. The second kappa shape index (κ2) is 7.28. The molecule has 15 heavy (non-hydrogen) atoms. The zero-order valence-electron chi connectivity index (χ0n) is 8.23. The first-order chi connectivity index (χ1) is 7.15. The highest BCUT2D eigenvalue weighted by molar-refractivity contribution is 6.46. The summed E-state index contributed by atoms with van der Waals surface area (Å²) in [6.45, 7) is -0.0532. The van der Waals surface area contributed by atoms with Gasteiger partial charge in [-0.05, 0) is 0 Å². The van der Waals surface area contributed by atoms with Crippen LogP contribution in [0.5, 0.6) is 0 Å². The summed E-state index contributed by atoms with van der Waals surface area (Å²) >= 11 is 0. The lowest BCUT2D eigenvalue weighted by Gasteiger charge is -2.03. The Morgan fingerprint density at radius 3 is 2.60 bits per heavy atom. The highest BCUT2D eigenvalue weighted by atomic mass is 16.6. The molecular formula is C7H10N4O4. The van der Waals surface area contributed by atoms with Gasteiger partial charge in [-0.1, -0.05) is 5.16 Å². The van der Waals surface area contributed by atoms with Crippen LogP contribution < -0.4 is 10.6 Å². The van der Waals surface area contributed by atoms with E-state index < -0.39 is 17.6 Å². The molecule has 0 aromatic heterocycles. The number of carbonyl (C=O) groups is 2. The lowest BCUT2D eigenvalue weighted by atomic mass is 10.4. The van der Waals surface area contributed by atoms with Crippen molar-refractivity contribution in [3.05, 3.63) is 0 Å². The van der Waals surface area contributed by atoms with Crippen molar-refractivity contribution in [2.45, 2.75) is 0 Å². The summed E-state index contributed by atoms with van der Waals surface area (Å²) in [7, 11) is 2.55. The van der Waals surface area contributed by atoms with E-state index in [2.05, 4.69) is 20.0 Å². The molecule has 0 radical (unpaired) electrons. The fourth-order valence-electron chi connectivity index (χ4n) is 0.548. The number of amides is 3. The van der Waals surface area contributed by atoms with Crippen LogP contribution in [0.3, 0.4) is 0 Å². The number of ether oxygens (including phenoxy) is 1. The molecule has 0 fully saturated rings. The van der Waals surface area contributed by atoms with Crippen LogP contribution in [0.2, 0.25) is 0 Å². The van der Waals surface area contributed by atoms with E-state index in [1.807, 2.05) is 5.32 Å². The van der Waals surface area contributed by atoms with Gasteiger partial charge in [-0.15, -0.1) is 0 Å². The van der Waals surface area contributed by atoms with E-state index in [0.717, 1.165) is 0 Å². The Balaban J connectivity index is 4.18. The van der Waals surface area contributed by atoms with E-state index in [9.17, 15) is 9.59 Å². The normalized spacial score (nSPS) is 10.1. The first-order valence-corrected chi connectivity index (χ1v) is 3.75. The predicted octanol–water partition coefficient (Wildman–Crippen LogP) is -1.06. The molecule has 0 aliphatic heterocycles. The summed E-state index contributed by atoms with van der Waals surface area (Å²) in [5.41, 5.74) is -0.551. The van der Waals surface area contributed by atoms with Crippen LogP contribution in [0.4, 0.5) is 4.79 Å². The Labute approximate surface area is 85.8 Å². The maximum Gasteiger partial charge on any atom is 0.323 e. The molecule has 82 valence electrons. The number of urea groups is 1. The van der Waals surface area contributed by atoms with Crippen molar-refractivity contribution in [1.29, 1.82) is 5.26 Å². The van der Waals surface area contributed by atoms with Gasteiger partial charge in [0.15, 0.2) is 0 Å². The van der Waals surface area contributed by atoms with Gasteiger partial charge in [-0.3, -0.25) is 10.1 Å². The Bertz CT molecular complexity index is 307. The molecule has 0 spiro atoms. The van der Waals surface area contributed by atoms with Gasteiger partial charge in [-0.2, -0.15) is 5.26 Å². The summed E-state index contributed by atoms with van der Waals surface area (Å²) in [5.74, 6) is -0.951. The van der Waals surface area contributed by atoms with E-state index >= 15 is 0 Å². The number of hydrogen-bond donors (Lipinski definition) is 2. The number of oxime groups is 1. The number of methoxy groups -OCH3 is 1. The molecule has 0 rings (SSSR count). The number of nitrogens with one attached hydrogen (secondary N) is 2. The van der Waals surface area contributed by atoms with Gasteiger partial charge in [0.05, 0.1) is 0 Å². The second-order valence-corrected chi connectivity index (χ2v) is 2.13. The summed E-state index contributed by atoms with van der Waals surface area (Å²) in [6, 6.07) is 0.675. The molecule has 0 saturated heterocycles. The maximum atomic E-state index is 11.1. The molecule has 0 aliphatic rings. The number of nitrogens with zero attached hydrogens (tertiary/aromatic N) is 2. The molecule has 8 nitrogen and oxygen atoms in total. The zero-order chi connectivity index (χ0) is 11.7. The SMILES string of the molecule is COCNC(=O)NC(=O)/C(C#N)=N\OC. The number of imide groups is 1. The largest absolute Gasteiger partial charge is 0.398 e. The smallest absolute Gasteiger partial charge is 0.323 e. The average molecular weight is 214 g/mol. The molecule has 0 unspecified atom stereocenters. The average Bonchev–Trinajstić information content (AvgIpc) is 2.22. The van der Waals surface area contributed by atoms with Gasteiger partial charge in [0.1, 0.15) is 19.9 Å². The standard InChI is InChI=1S/C7H10N4O4/c1-14-4-9-7(13)10-6(12)5(3-8)11-15-2/h4H2,1-2H3,(H2,9,10,12,13)/b11-5-. The van der Waals surface area contributed by atoms with E-state index in [1.54, 1.807) is 0 Å². The Kier molecular flexibility index (Phi) is 6.24. The quantitative estimate of drug-likeness (QED) is 0.352. The summed E-state index contributed by atoms with van der Waals surface area (Å²) in [6.07, 6.45) is 0. The highest BCUT2D eigenvalue weighted by Crippen LogP contribution is 1.79. The Morgan fingerprint density at radius 1 is 1.47 bits per heavy atom. The van der Waals surface area contributed by atoms with Crippen LogP contribution in [0.1, 0.15) is 0 Å². The molecule has 0 aromatic rings. The number of nitriles is 1. The van der Waals surface area contributed by atoms with E-state index in [-0.39, 0.29) is 6.73 Å². The number of carbonyl (C=O) groups excluding carboxylic acids is 2. The molecule has 8 heteroatoms. The third-order valence-electron chi connectivity index (χ3n) is 1.11. The Hall–Kier alpha value is -2.14. The summed E-state index contributed by atoms with van der Waals surface area (Å²) in [5, 5.41) is 15.6. The van der Waals surface area contributed by atoms with Crippen molar-refractivity contribution in [3.63, 3.8) is 0 Å². The molecule has 0 atom stereocenters. The fraction of sp³-hybridized carbons (Fsp3) is 0.429. The molecule has 2 N–H and O–H groups in total. The van der Waals surface area contributed by atoms with Gasteiger partial charge in [0.25, 0.3) is 5.91 Å². The molecule has 0 aliphatic carbocycles. The van der Waals surface area contributed by atoms with Gasteiger partial charge < -0.3 is 14.9 Å². The van der Waals surface area contributed by atoms with Gasteiger partial charge >= 0.3 is 6.03 Å². The van der Waals surface area contributed by atoms with Crippen LogP contribution in [-0.4, -0.2) is 38.6 Å². The van der Waals surface area contributed by atoms with Crippen molar-refractivity contribution < 1.29 is 19.2 Å². The first-order valence-electron chi connectivity index (χ1n) is 3.75. The van der Waals surface area contributed by atoms with Crippen molar-refractivity contribution in [3.8, 4) is 6.07 Å². The molecule has 3 amide bonds. The monoisotopic (exact) mass is 214 g/mol. The van der Waals surface area contributed by atoms with Crippen molar-refractivity contribution in [2.24, 2.45) is 5.16 Å². The lowest BCUT2D eigenvalue weighted by molar-refractivity contribution is -0.113. The number of rotatable bonds is 4. The van der Waals surface area contributed by atoms with E-state index in [4.69, 9.17) is 5.26 Å². The predicted molar refractivity (Wildman–Crippen MR) is 48.6 cm³/mol. The second-order valence-electron chi connectivity index (χ2n) is 2.13. The van der Waals surface area contributed by atoms with E-state index in [1.165, 1.54) is 20.3 Å². The molecule has 0 aromatic carbocycles. The van der Waals surface area contributed by atoms with Crippen LogP contribution in [0, 0.1) is 11.3 Å². The molecule has 0 bridgehead atoms. The zero-order valence-corrected chi connectivity index (χ0v) is 8.23. The third kappa shape index (κ3) is 5.22. The minimum Gasteiger partial charge on any atom is -0.398 e. The maximum absolute atomic E-state index is 11.1. The van der Waals surface area contributed by atoms with Crippen LogP contribution in [-0.2, 0) is 14.4 Å². The Morgan fingerprint density at radius 2 is 2.13 bits per heavy atom. The first kappa shape index (κ1) is 12.9. The van der Waals surface area contributed by atoms with Crippen molar-refractivity contribution in [1.82, 2.24) is 10.6 Å². The topological polar surface area (TPSA) is 113 Å². The third-order valence-corrected chi connectivity index (χ3v) is 1.11. The van der Waals surface area contributed by atoms with Gasteiger partial charge in [0, 0.05) is 7.11 Å².